The number of nitrogens with zero attached hydrogens (tertiary/aromatic N) is 1. The Morgan fingerprint density at radius 1 is 1.18 bits per heavy atom. The standard InChI is InChI=1S/C9H18N2/c10-9-6-11(7-9)5-8-3-1-2-4-8/h8-9H,1-7,10H2. The minimum Gasteiger partial charge on any atom is -0.325 e. The van der Waals surface area contributed by atoms with E-state index in [1.807, 2.05) is 0 Å². The molecule has 11 heavy (non-hydrogen) atoms. The van der Waals surface area contributed by atoms with Crippen LogP contribution < -0.4 is 5.73 Å². The van der Waals surface area contributed by atoms with Gasteiger partial charge in [0, 0.05) is 25.7 Å². The minimum absolute atomic E-state index is 0.483. The summed E-state index contributed by atoms with van der Waals surface area (Å²) in [7, 11) is 0. The van der Waals surface area contributed by atoms with E-state index >= 15 is 0 Å². The van der Waals surface area contributed by atoms with Gasteiger partial charge in [-0.3, -0.25) is 4.90 Å². The van der Waals surface area contributed by atoms with Crippen molar-refractivity contribution in [2.24, 2.45) is 11.7 Å². The molecule has 0 aromatic rings. The first kappa shape index (κ1) is 7.56. The minimum atomic E-state index is 0.483. The van der Waals surface area contributed by atoms with Crippen molar-refractivity contribution in [2.45, 2.75) is 31.7 Å². The van der Waals surface area contributed by atoms with E-state index < -0.39 is 0 Å². The van der Waals surface area contributed by atoms with Gasteiger partial charge in [-0.25, -0.2) is 0 Å². The normalized spacial score (nSPS) is 29.2. The molecule has 0 radical (unpaired) electrons. The van der Waals surface area contributed by atoms with Crippen LogP contribution in [-0.4, -0.2) is 30.6 Å². The Kier molecular flexibility index (Phi) is 2.14. The third-order valence-electron chi connectivity index (χ3n) is 2.98. The molecule has 0 aromatic carbocycles. The van der Waals surface area contributed by atoms with Crippen molar-refractivity contribution in [3.63, 3.8) is 0 Å². The SMILES string of the molecule is NC1CN(CC2CCCC2)C1. The van der Waals surface area contributed by atoms with Gasteiger partial charge in [0.25, 0.3) is 0 Å². The Hall–Kier alpha value is -0.0800. The fourth-order valence-electron chi connectivity index (χ4n) is 2.32. The summed E-state index contributed by atoms with van der Waals surface area (Å²) in [5.74, 6) is 1.00. The molecule has 0 bridgehead atoms. The molecule has 64 valence electrons. The Balaban J connectivity index is 1.66. The van der Waals surface area contributed by atoms with Gasteiger partial charge in [-0.05, 0) is 18.8 Å². The smallest absolute Gasteiger partial charge is 0.0297 e. The topological polar surface area (TPSA) is 29.3 Å². The Bertz CT molecular complexity index is 124. The van der Waals surface area contributed by atoms with E-state index in [2.05, 4.69) is 4.90 Å². The van der Waals surface area contributed by atoms with Crippen LogP contribution in [0.25, 0.3) is 0 Å². The van der Waals surface area contributed by atoms with E-state index in [4.69, 9.17) is 5.73 Å². The second-order valence-electron chi connectivity index (χ2n) is 4.13. The van der Waals surface area contributed by atoms with E-state index in [0.717, 1.165) is 19.0 Å². The monoisotopic (exact) mass is 154 g/mol. The lowest BCUT2D eigenvalue weighted by Crippen LogP contribution is -2.56. The zero-order chi connectivity index (χ0) is 7.68. The summed E-state index contributed by atoms with van der Waals surface area (Å²) in [6, 6.07) is 0.483. The van der Waals surface area contributed by atoms with Crippen LogP contribution in [0, 0.1) is 5.92 Å². The molecule has 2 heteroatoms. The van der Waals surface area contributed by atoms with Gasteiger partial charge in [-0.1, -0.05) is 12.8 Å². The molecule has 2 fully saturated rings. The van der Waals surface area contributed by atoms with Crippen LogP contribution in [0.4, 0.5) is 0 Å². The maximum atomic E-state index is 5.70. The van der Waals surface area contributed by atoms with Crippen LogP contribution in [0.3, 0.4) is 0 Å². The van der Waals surface area contributed by atoms with Crippen molar-refractivity contribution in [1.29, 1.82) is 0 Å². The molecular formula is C9H18N2. The quantitative estimate of drug-likeness (QED) is 0.638. The molecule has 2 aliphatic rings. The second-order valence-corrected chi connectivity index (χ2v) is 4.13. The first-order valence-electron chi connectivity index (χ1n) is 4.82. The average Bonchev–Trinajstić information content (AvgIpc) is 2.36. The summed E-state index contributed by atoms with van der Waals surface area (Å²) >= 11 is 0. The van der Waals surface area contributed by atoms with Crippen LogP contribution in [-0.2, 0) is 0 Å². The van der Waals surface area contributed by atoms with Crippen LogP contribution in [0.2, 0.25) is 0 Å². The molecule has 2 rings (SSSR count). The number of likely N-dealkylation sites (tertiary alicyclic amines) is 1. The second kappa shape index (κ2) is 3.11. The molecule has 0 unspecified atom stereocenters. The Morgan fingerprint density at radius 3 is 2.36 bits per heavy atom. The maximum absolute atomic E-state index is 5.70. The van der Waals surface area contributed by atoms with Gasteiger partial charge in [0.15, 0.2) is 0 Å². The third kappa shape index (κ3) is 1.74. The Morgan fingerprint density at radius 2 is 1.82 bits per heavy atom. The van der Waals surface area contributed by atoms with Crippen molar-refractivity contribution < 1.29 is 0 Å². The van der Waals surface area contributed by atoms with E-state index in [1.165, 1.54) is 32.2 Å². The summed E-state index contributed by atoms with van der Waals surface area (Å²) in [6.45, 7) is 3.63. The van der Waals surface area contributed by atoms with E-state index in [-0.39, 0.29) is 0 Å². The van der Waals surface area contributed by atoms with Gasteiger partial charge in [0.2, 0.25) is 0 Å². The van der Waals surface area contributed by atoms with Gasteiger partial charge in [-0.15, -0.1) is 0 Å². The van der Waals surface area contributed by atoms with Crippen LogP contribution in [0.15, 0.2) is 0 Å². The van der Waals surface area contributed by atoms with Crippen LogP contribution in [0.5, 0.6) is 0 Å². The largest absolute Gasteiger partial charge is 0.325 e. The summed E-state index contributed by atoms with van der Waals surface area (Å²) in [5, 5.41) is 0. The Labute approximate surface area is 68.7 Å². The molecule has 1 aliphatic carbocycles. The van der Waals surface area contributed by atoms with Crippen molar-refractivity contribution in [3.8, 4) is 0 Å². The van der Waals surface area contributed by atoms with Gasteiger partial charge < -0.3 is 5.73 Å². The van der Waals surface area contributed by atoms with Crippen molar-refractivity contribution in [1.82, 2.24) is 4.90 Å². The highest BCUT2D eigenvalue weighted by Gasteiger charge is 2.26. The van der Waals surface area contributed by atoms with Gasteiger partial charge in [0.1, 0.15) is 0 Å². The molecule has 0 spiro atoms. The summed E-state index contributed by atoms with van der Waals surface area (Å²) in [4.78, 5) is 2.50. The lowest BCUT2D eigenvalue weighted by Gasteiger charge is -2.38. The van der Waals surface area contributed by atoms with Crippen LogP contribution in [0.1, 0.15) is 25.7 Å². The number of hydrogen-bond donors (Lipinski definition) is 1. The number of hydrogen-bond acceptors (Lipinski definition) is 2. The summed E-state index contributed by atoms with van der Waals surface area (Å²) in [6.07, 6.45) is 5.85. The zero-order valence-corrected chi connectivity index (χ0v) is 7.13. The fraction of sp³-hybridized carbons (Fsp3) is 1.00. The molecule has 0 amide bonds. The molecule has 0 aromatic heterocycles. The lowest BCUT2D eigenvalue weighted by molar-refractivity contribution is 0.127. The highest BCUT2D eigenvalue weighted by Crippen LogP contribution is 2.26. The molecule has 1 aliphatic heterocycles. The molecule has 2 nitrogen and oxygen atoms in total. The predicted molar refractivity (Wildman–Crippen MR) is 46.4 cm³/mol. The molecular weight excluding hydrogens is 136 g/mol. The van der Waals surface area contributed by atoms with Crippen molar-refractivity contribution >= 4 is 0 Å². The van der Waals surface area contributed by atoms with Gasteiger partial charge in [-0.2, -0.15) is 0 Å². The maximum Gasteiger partial charge on any atom is 0.0297 e. The first-order chi connectivity index (χ1) is 5.34. The molecule has 1 heterocycles. The highest BCUT2D eigenvalue weighted by atomic mass is 15.2. The predicted octanol–water partition coefficient (Wildman–Crippen LogP) is 0.819. The zero-order valence-electron chi connectivity index (χ0n) is 7.13. The number of nitrogens with two attached hydrogens (primary N) is 1. The van der Waals surface area contributed by atoms with E-state index in [1.54, 1.807) is 0 Å². The average molecular weight is 154 g/mol. The molecule has 2 N–H and O–H groups in total. The first-order valence-corrected chi connectivity index (χ1v) is 4.82. The lowest BCUT2D eigenvalue weighted by atomic mass is 10.0. The van der Waals surface area contributed by atoms with Crippen molar-refractivity contribution in [3.05, 3.63) is 0 Å². The van der Waals surface area contributed by atoms with Gasteiger partial charge >= 0.3 is 0 Å². The summed E-state index contributed by atoms with van der Waals surface area (Å²) in [5.41, 5.74) is 5.70. The van der Waals surface area contributed by atoms with Gasteiger partial charge in [0.05, 0.1) is 0 Å². The fourth-order valence-corrected chi connectivity index (χ4v) is 2.32. The van der Waals surface area contributed by atoms with Crippen molar-refractivity contribution in [2.75, 3.05) is 19.6 Å². The third-order valence-corrected chi connectivity index (χ3v) is 2.98. The molecule has 1 saturated carbocycles. The highest BCUT2D eigenvalue weighted by molar-refractivity contribution is 4.84. The van der Waals surface area contributed by atoms with E-state index in [0.29, 0.717) is 6.04 Å². The van der Waals surface area contributed by atoms with E-state index in [9.17, 15) is 0 Å². The van der Waals surface area contributed by atoms with Crippen LogP contribution >= 0.6 is 0 Å². The summed E-state index contributed by atoms with van der Waals surface area (Å²) < 4.78 is 0. The molecule has 0 atom stereocenters. The molecule has 1 saturated heterocycles. The number of rotatable bonds is 2.